The molecular formula is C25H12F8N2S. The number of rotatable bonds is 2. The lowest BCUT2D eigenvalue weighted by Gasteiger charge is -2.44. The van der Waals surface area contributed by atoms with Crippen molar-refractivity contribution < 1.29 is 35.1 Å². The molecule has 0 spiro atoms. The van der Waals surface area contributed by atoms with Crippen LogP contribution in [0.25, 0.3) is 5.57 Å². The first-order valence-corrected chi connectivity index (χ1v) is 11.3. The standard InChI is InChI=1S/C25H12F8N2S/c26-17-10(9-34)18(27)20(29)15(19(17)28)16-21(30)23(32)25(24(33)22(16)31)35-11-5-1-3-7-13(11)36-14-8-4-2-6-12(14)35/h1-8,11,13,21,23H. The van der Waals surface area contributed by atoms with Crippen LogP contribution in [0.4, 0.5) is 40.8 Å². The molecule has 1 aliphatic heterocycles. The van der Waals surface area contributed by atoms with E-state index in [-0.39, 0.29) is 10.9 Å². The zero-order valence-electron chi connectivity index (χ0n) is 17.8. The van der Waals surface area contributed by atoms with Crippen LogP contribution in [0, 0.1) is 34.6 Å². The number of nitrogens with zero attached hydrogens (tertiary/aromatic N) is 2. The van der Waals surface area contributed by atoms with Crippen LogP contribution in [-0.4, -0.2) is 23.6 Å². The number of para-hydroxylation sites is 1. The summed E-state index contributed by atoms with van der Waals surface area (Å²) in [5.74, 6) is -13.4. The van der Waals surface area contributed by atoms with Gasteiger partial charge in [0.15, 0.2) is 47.3 Å². The summed E-state index contributed by atoms with van der Waals surface area (Å²) in [5.41, 5.74) is -6.33. The van der Waals surface area contributed by atoms with E-state index in [4.69, 9.17) is 5.26 Å². The third-order valence-corrected chi connectivity index (χ3v) is 7.40. The minimum absolute atomic E-state index is 0.243. The fourth-order valence-corrected chi connectivity index (χ4v) is 5.74. The normalized spacial score (nSPS) is 25.1. The van der Waals surface area contributed by atoms with E-state index in [0.717, 1.165) is 11.0 Å². The fourth-order valence-electron chi connectivity index (χ4n) is 4.48. The van der Waals surface area contributed by atoms with Crippen molar-refractivity contribution >= 4 is 23.0 Å². The van der Waals surface area contributed by atoms with Crippen molar-refractivity contribution in [3.63, 3.8) is 0 Å². The van der Waals surface area contributed by atoms with Crippen LogP contribution in [0.5, 0.6) is 0 Å². The molecule has 184 valence electrons. The Balaban J connectivity index is 1.76. The van der Waals surface area contributed by atoms with Crippen molar-refractivity contribution in [2.75, 3.05) is 4.90 Å². The molecule has 2 nitrogen and oxygen atoms in total. The van der Waals surface area contributed by atoms with Gasteiger partial charge in [-0.1, -0.05) is 36.4 Å². The number of hydrogen-bond acceptors (Lipinski definition) is 3. The topological polar surface area (TPSA) is 27.0 Å². The SMILES string of the molecule is N#Cc1c(F)c(F)c(C2=C(F)C(F)=C(N3c4ccccc4SC4C=CC=CC43)C(F)C2F)c(F)c1F. The molecule has 0 saturated carbocycles. The third kappa shape index (κ3) is 3.38. The van der Waals surface area contributed by atoms with Gasteiger partial charge in [-0.25, -0.2) is 35.1 Å². The average molecular weight is 524 g/mol. The first-order chi connectivity index (χ1) is 17.2. The first kappa shape index (κ1) is 24.2. The third-order valence-electron chi connectivity index (χ3n) is 6.09. The van der Waals surface area contributed by atoms with Gasteiger partial charge in [-0.3, -0.25) is 0 Å². The van der Waals surface area contributed by atoms with Gasteiger partial charge in [0.2, 0.25) is 0 Å². The lowest BCUT2D eigenvalue weighted by atomic mass is 9.88. The summed E-state index contributed by atoms with van der Waals surface area (Å²) in [6, 6.07) is 6.49. The zero-order valence-corrected chi connectivity index (χ0v) is 18.6. The molecule has 2 aliphatic carbocycles. The maximum Gasteiger partial charge on any atom is 0.181 e. The highest BCUT2D eigenvalue weighted by atomic mass is 32.2. The Kier molecular flexibility index (Phi) is 5.95. The molecule has 3 aliphatic rings. The van der Waals surface area contributed by atoms with Crippen LogP contribution in [0.2, 0.25) is 0 Å². The molecule has 4 unspecified atom stereocenters. The Morgan fingerprint density at radius 1 is 0.806 bits per heavy atom. The molecule has 0 saturated heterocycles. The molecule has 0 bridgehead atoms. The Morgan fingerprint density at radius 3 is 2.11 bits per heavy atom. The Hall–Kier alpha value is -3.52. The van der Waals surface area contributed by atoms with Gasteiger partial charge in [-0.2, -0.15) is 5.26 Å². The molecule has 0 N–H and O–H groups in total. The predicted octanol–water partition coefficient (Wildman–Crippen LogP) is 7.14. The summed E-state index contributed by atoms with van der Waals surface area (Å²) in [6.45, 7) is 0. The van der Waals surface area contributed by atoms with E-state index in [0.29, 0.717) is 4.90 Å². The van der Waals surface area contributed by atoms with Crippen molar-refractivity contribution in [3.05, 3.63) is 100 Å². The molecule has 0 amide bonds. The molecule has 0 aromatic heterocycles. The van der Waals surface area contributed by atoms with Crippen LogP contribution in [-0.2, 0) is 0 Å². The maximum absolute atomic E-state index is 15.6. The molecule has 1 heterocycles. The number of halogens is 8. The number of allylic oxidation sites excluding steroid dienone is 6. The summed E-state index contributed by atoms with van der Waals surface area (Å²) >= 11 is 1.37. The highest BCUT2D eigenvalue weighted by Gasteiger charge is 2.48. The smallest absolute Gasteiger partial charge is 0.181 e. The summed E-state index contributed by atoms with van der Waals surface area (Å²) in [7, 11) is 0. The quantitative estimate of drug-likeness (QED) is 0.309. The lowest BCUT2D eigenvalue weighted by molar-refractivity contribution is 0.225. The van der Waals surface area contributed by atoms with Gasteiger partial charge in [0.05, 0.1) is 28.2 Å². The molecule has 0 radical (unpaired) electrons. The second-order valence-electron chi connectivity index (χ2n) is 8.03. The van der Waals surface area contributed by atoms with Crippen molar-refractivity contribution in [2.45, 2.75) is 28.5 Å². The largest absolute Gasteiger partial charge is 0.330 e. The van der Waals surface area contributed by atoms with Gasteiger partial charge in [0, 0.05) is 10.5 Å². The molecule has 2 aromatic rings. The molecule has 36 heavy (non-hydrogen) atoms. The number of benzene rings is 2. The second kappa shape index (κ2) is 8.85. The molecule has 4 atom stereocenters. The number of fused-ring (bicyclic) bond motifs is 2. The average Bonchev–Trinajstić information content (AvgIpc) is 2.88. The molecule has 5 rings (SSSR count). The van der Waals surface area contributed by atoms with Crippen molar-refractivity contribution in [1.82, 2.24) is 0 Å². The Bertz CT molecular complexity index is 1430. The maximum atomic E-state index is 15.6. The summed E-state index contributed by atoms with van der Waals surface area (Å²) in [5, 5.41) is 8.33. The number of alkyl halides is 2. The second-order valence-corrected chi connectivity index (χ2v) is 9.25. The summed E-state index contributed by atoms with van der Waals surface area (Å²) < 4.78 is 119. The Morgan fingerprint density at radius 2 is 1.44 bits per heavy atom. The summed E-state index contributed by atoms with van der Waals surface area (Å²) in [6.07, 6.45) is 0.374. The van der Waals surface area contributed by atoms with Gasteiger partial charge < -0.3 is 4.90 Å². The lowest BCUT2D eigenvalue weighted by Crippen LogP contribution is -2.48. The number of nitriles is 1. The monoisotopic (exact) mass is 524 g/mol. The van der Waals surface area contributed by atoms with Gasteiger partial charge >= 0.3 is 0 Å². The number of anilines is 1. The number of hydrogen-bond donors (Lipinski definition) is 0. The van der Waals surface area contributed by atoms with E-state index in [1.165, 1.54) is 17.8 Å². The van der Waals surface area contributed by atoms with Crippen molar-refractivity contribution in [1.29, 1.82) is 5.26 Å². The number of thioether (sulfide) groups is 1. The molecule has 11 heteroatoms. The molecule has 0 fully saturated rings. The van der Waals surface area contributed by atoms with E-state index < -0.39 is 75.7 Å². The minimum atomic E-state index is -3.24. The molecule has 2 aromatic carbocycles. The van der Waals surface area contributed by atoms with Gasteiger partial charge in [-0.15, -0.1) is 11.8 Å². The van der Waals surface area contributed by atoms with E-state index in [2.05, 4.69) is 0 Å². The molecular weight excluding hydrogens is 512 g/mol. The first-order valence-electron chi connectivity index (χ1n) is 10.4. The van der Waals surface area contributed by atoms with E-state index in [9.17, 15) is 17.6 Å². The van der Waals surface area contributed by atoms with Crippen LogP contribution in [0.3, 0.4) is 0 Å². The minimum Gasteiger partial charge on any atom is -0.330 e. The van der Waals surface area contributed by atoms with Crippen molar-refractivity contribution in [3.8, 4) is 6.07 Å². The van der Waals surface area contributed by atoms with Gasteiger partial charge in [-0.05, 0) is 12.1 Å². The Labute approximate surface area is 203 Å². The zero-order chi connectivity index (χ0) is 25.9. The van der Waals surface area contributed by atoms with Crippen molar-refractivity contribution in [2.24, 2.45) is 0 Å². The predicted molar refractivity (Wildman–Crippen MR) is 118 cm³/mol. The van der Waals surface area contributed by atoms with Gasteiger partial charge in [0.1, 0.15) is 11.6 Å². The highest BCUT2D eigenvalue weighted by molar-refractivity contribution is 8.00. The van der Waals surface area contributed by atoms with E-state index in [1.807, 2.05) is 0 Å². The van der Waals surface area contributed by atoms with E-state index in [1.54, 1.807) is 42.5 Å². The van der Waals surface area contributed by atoms with Gasteiger partial charge in [0.25, 0.3) is 0 Å². The van der Waals surface area contributed by atoms with Crippen LogP contribution in [0.15, 0.2) is 70.8 Å². The highest BCUT2D eigenvalue weighted by Crippen LogP contribution is 2.50. The fraction of sp³-hybridized carbons (Fsp3) is 0.160. The van der Waals surface area contributed by atoms with E-state index >= 15 is 17.6 Å². The van der Waals surface area contributed by atoms with Crippen LogP contribution < -0.4 is 4.90 Å². The summed E-state index contributed by atoms with van der Waals surface area (Å²) in [4.78, 5) is 1.64. The van der Waals surface area contributed by atoms with Crippen LogP contribution in [0.1, 0.15) is 11.1 Å². The van der Waals surface area contributed by atoms with Crippen LogP contribution >= 0.6 is 11.8 Å².